The van der Waals surface area contributed by atoms with E-state index in [1.807, 2.05) is 0 Å². The van der Waals surface area contributed by atoms with Crippen LogP contribution in [0.15, 0.2) is 194 Å². The molecule has 1 nitrogen and oxygen atoms in total. The fourth-order valence-electron chi connectivity index (χ4n) is 7.93. The molecule has 48 heavy (non-hydrogen) atoms. The van der Waals surface area contributed by atoms with Gasteiger partial charge in [0.25, 0.3) is 0 Å². The molecule has 0 aromatic heterocycles. The lowest BCUT2D eigenvalue weighted by atomic mass is 9.91. The van der Waals surface area contributed by atoms with Crippen LogP contribution in [-0.2, 0) is 0 Å². The summed E-state index contributed by atoms with van der Waals surface area (Å²) >= 11 is 0. The number of benzene rings is 8. The van der Waals surface area contributed by atoms with Crippen molar-refractivity contribution in [2.75, 3.05) is 5.32 Å². The van der Waals surface area contributed by atoms with E-state index in [-0.39, 0.29) is 0 Å². The minimum atomic E-state index is -2.53. The van der Waals surface area contributed by atoms with Crippen LogP contribution >= 0.6 is 0 Å². The smallest absolute Gasteiger partial charge is 0.180 e. The van der Waals surface area contributed by atoms with Gasteiger partial charge in [-0.2, -0.15) is 0 Å². The summed E-state index contributed by atoms with van der Waals surface area (Å²) in [7, 11) is -2.53. The molecule has 0 radical (unpaired) electrons. The van der Waals surface area contributed by atoms with E-state index in [2.05, 4.69) is 199 Å². The van der Waals surface area contributed by atoms with Gasteiger partial charge in [-0.05, 0) is 77.5 Å². The number of nitrogens with one attached hydrogen (secondary N) is 1. The van der Waals surface area contributed by atoms with E-state index in [4.69, 9.17) is 0 Å². The maximum absolute atomic E-state index is 3.86. The maximum atomic E-state index is 3.86. The normalized spacial score (nSPS) is 12.8. The second-order valence-electron chi connectivity index (χ2n) is 12.5. The summed E-state index contributed by atoms with van der Waals surface area (Å²) in [5.74, 6) is 0. The first kappa shape index (κ1) is 28.3. The molecule has 1 heterocycles. The molecule has 0 saturated carbocycles. The summed E-state index contributed by atoms with van der Waals surface area (Å²) in [5, 5.41) is 12.1. The first-order chi connectivity index (χ1) is 23.8. The van der Waals surface area contributed by atoms with Gasteiger partial charge in [-0.25, -0.2) is 0 Å². The number of rotatable bonds is 6. The molecule has 8 aromatic rings. The summed E-state index contributed by atoms with van der Waals surface area (Å²) in [5.41, 5.74) is 9.81. The molecule has 9 rings (SSSR count). The summed E-state index contributed by atoms with van der Waals surface area (Å²) in [6.45, 7) is 0. The predicted molar refractivity (Wildman–Crippen MR) is 207 cm³/mol. The molecule has 0 spiro atoms. The number of anilines is 2. The molecule has 0 atom stereocenters. The summed E-state index contributed by atoms with van der Waals surface area (Å²) in [6, 6.07) is 71.1. The zero-order valence-corrected chi connectivity index (χ0v) is 27.5. The van der Waals surface area contributed by atoms with Gasteiger partial charge in [0.1, 0.15) is 0 Å². The highest BCUT2D eigenvalue weighted by atomic mass is 28.3. The number of hydrogen-bond acceptors (Lipinski definition) is 1. The van der Waals surface area contributed by atoms with Crippen LogP contribution < -0.4 is 26.1 Å². The topological polar surface area (TPSA) is 12.0 Å². The van der Waals surface area contributed by atoms with E-state index in [9.17, 15) is 0 Å². The summed E-state index contributed by atoms with van der Waals surface area (Å²) in [4.78, 5) is 0. The Kier molecular flexibility index (Phi) is 6.88. The SMILES string of the molecule is c1ccc(-c2cccc3cccc(-c4ccc(Nc5cccc6c5-c5ccccc5[Si]6(c5ccccc5)c5ccccc5)cc4)c23)cc1. The minimum Gasteiger partial charge on any atom is -0.355 e. The molecule has 0 aliphatic carbocycles. The summed E-state index contributed by atoms with van der Waals surface area (Å²) < 4.78 is 0. The molecule has 8 aromatic carbocycles. The lowest BCUT2D eigenvalue weighted by Crippen LogP contribution is -2.72. The Balaban J connectivity index is 1.15. The fraction of sp³-hybridized carbons (Fsp3) is 0. The van der Waals surface area contributed by atoms with E-state index in [0.29, 0.717) is 0 Å². The van der Waals surface area contributed by atoms with E-state index < -0.39 is 8.07 Å². The Morgan fingerprint density at radius 3 is 1.50 bits per heavy atom. The van der Waals surface area contributed by atoms with Gasteiger partial charge >= 0.3 is 0 Å². The first-order valence-corrected chi connectivity index (χ1v) is 18.6. The van der Waals surface area contributed by atoms with Crippen molar-refractivity contribution in [1.29, 1.82) is 0 Å². The highest BCUT2D eigenvalue weighted by molar-refractivity contribution is 7.22. The van der Waals surface area contributed by atoms with Crippen molar-refractivity contribution in [3.63, 3.8) is 0 Å². The molecule has 226 valence electrons. The van der Waals surface area contributed by atoms with Crippen LogP contribution in [0.25, 0.3) is 44.2 Å². The first-order valence-electron chi connectivity index (χ1n) is 16.6. The van der Waals surface area contributed by atoms with Gasteiger partial charge in [-0.1, -0.05) is 176 Å². The van der Waals surface area contributed by atoms with Gasteiger partial charge in [-0.3, -0.25) is 0 Å². The quantitative estimate of drug-likeness (QED) is 0.181. The van der Waals surface area contributed by atoms with Gasteiger partial charge in [0.2, 0.25) is 0 Å². The Morgan fingerprint density at radius 2 is 0.854 bits per heavy atom. The van der Waals surface area contributed by atoms with Crippen molar-refractivity contribution >= 4 is 51.0 Å². The Hall–Kier alpha value is -5.96. The van der Waals surface area contributed by atoms with Crippen LogP contribution in [-0.4, -0.2) is 8.07 Å². The molecular formula is C46H33NSi. The monoisotopic (exact) mass is 627 g/mol. The van der Waals surface area contributed by atoms with Crippen LogP contribution in [0.1, 0.15) is 0 Å². The molecule has 1 aliphatic heterocycles. The average molecular weight is 628 g/mol. The molecule has 0 unspecified atom stereocenters. The van der Waals surface area contributed by atoms with Crippen LogP contribution in [0, 0.1) is 0 Å². The third-order valence-corrected chi connectivity index (χ3v) is 14.8. The lowest BCUT2D eigenvalue weighted by Gasteiger charge is -2.31. The molecule has 0 saturated heterocycles. The molecule has 0 amide bonds. The number of fused-ring (bicyclic) bond motifs is 4. The lowest BCUT2D eigenvalue weighted by molar-refractivity contribution is 1.55. The Bertz CT molecular complexity index is 2350. The van der Waals surface area contributed by atoms with Gasteiger partial charge in [0.15, 0.2) is 8.07 Å². The second kappa shape index (κ2) is 11.7. The molecule has 0 bridgehead atoms. The fourth-order valence-corrected chi connectivity index (χ4v) is 13.1. The maximum Gasteiger partial charge on any atom is 0.180 e. The van der Waals surface area contributed by atoms with E-state index >= 15 is 0 Å². The standard InChI is InChI=1S/C46H33NSi/c1-4-15-33(16-5-1)39-24-12-17-35-18-13-25-40(45(35)39)34-29-31-36(32-30-34)47-42-26-14-28-44-46(42)41-23-10-11-27-43(41)48(44,37-19-6-2-7-20-37)38-21-8-3-9-22-38/h1-32,47H. The highest BCUT2D eigenvalue weighted by Crippen LogP contribution is 2.38. The summed E-state index contributed by atoms with van der Waals surface area (Å²) in [6.07, 6.45) is 0. The van der Waals surface area contributed by atoms with Gasteiger partial charge in [0, 0.05) is 16.9 Å². The molecule has 0 fully saturated rings. The zero-order valence-electron chi connectivity index (χ0n) is 26.5. The second-order valence-corrected chi connectivity index (χ2v) is 16.3. The van der Waals surface area contributed by atoms with Gasteiger partial charge in [-0.15, -0.1) is 0 Å². The van der Waals surface area contributed by atoms with Gasteiger partial charge < -0.3 is 5.32 Å². The van der Waals surface area contributed by atoms with Crippen molar-refractivity contribution in [3.8, 4) is 33.4 Å². The minimum absolute atomic E-state index is 1.08. The van der Waals surface area contributed by atoms with E-state index in [1.54, 1.807) is 0 Å². The van der Waals surface area contributed by atoms with Crippen molar-refractivity contribution in [2.24, 2.45) is 0 Å². The van der Waals surface area contributed by atoms with Gasteiger partial charge in [0.05, 0.1) is 0 Å². The Morgan fingerprint density at radius 1 is 0.354 bits per heavy atom. The third kappa shape index (κ3) is 4.45. The van der Waals surface area contributed by atoms with Crippen LogP contribution in [0.5, 0.6) is 0 Å². The zero-order chi connectivity index (χ0) is 31.9. The highest BCUT2D eigenvalue weighted by Gasteiger charge is 2.49. The largest absolute Gasteiger partial charge is 0.355 e. The van der Waals surface area contributed by atoms with Crippen molar-refractivity contribution in [1.82, 2.24) is 0 Å². The Labute approximate surface area is 282 Å². The van der Waals surface area contributed by atoms with Crippen LogP contribution in [0.3, 0.4) is 0 Å². The van der Waals surface area contributed by atoms with E-state index in [1.165, 1.54) is 64.9 Å². The van der Waals surface area contributed by atoms with Crippen molar-refractivity contribution in [3.05, 3.63) is 194 Å². The third-order valence-electron chi connectivity index (χ3n) is 9.95. The van der Waals surface area contributed by atoms with E-state index in [0.717, 1.165) is 11.4 Å². The molecule has 1 aliphatic rings. The molecule has 1 N–H and O–H groups in total. The molecule has 2 heteroatoms. The predicted octanol–water partition coefficient (Wildman–Crippen LogP) is 9.28. The average Bonchev–Trinajstić information content (AvgIpc) is 3.48. The van der Waals surface area contributed by atoms with Crippen molar-refractivity contribution in [2.45, 2.75) is 0 Å². The van der Waals surface area contributed by atoms with Crippen molar-refractivity contribution < 1.29 is 0 Å². The van der Waals surface area contributed by atoms with Crippen LogP contribution in [0.4, 0.5) is 11.4 Å². The number of hydrogen-bond donors (Lipinski definition) is 1. The molecular weight excluding hydrogens is 595 g/mol. The van der Waals surface area contributed by atoms with Crippen LogP contribution in [0.2, 0.25) is 0 Å².